The van der Waals surface area contributed by atoms with E-state index in [0.717, 1.165) is 6.42 Å². The maximum Gasteiger partial charge on any atom is 0.246 e. The van der Waals surface area contributed by atoms with Crippen LogP contribution in [0.15, 0.2) is 24.3 Å². The highest BCUT2D eigenvalue weighted by Gasteiger charge is 2.79. The maximum atomic E-state index is 14.0. The van der Waals surface area contributed by atoms with Crippen LogP contribution < -0.4 is 15.4 Å². The molecule has 1 aromatic carbocycles. The number of unbranched alkanes of at least 4 members (excludes halogenated alkanes) is 2. The van der Waals surface area contributed by atoms with E-state index in [1.54, 1.807) is 29.2 Å². The molecule has 0 aliphatic carbocycles. The van der Waals surface area contributed by atoms with Gasteiger partial charge in [-0.15, -0.1) is 0 Å². The fourth-order valence-corrected chi connectivity index (χ4v) is 6.63. The zero-order chi connectivity index (χ0) is 27.0. The summed E-state index contributed by atoms with van der Waals surface area (Å²) >= 11 is 0. The van der Waals surface area contributed by atoms with Crippen LogP contribution in [0.3, 0.4) is 0 Å². The fourth-order valence-electron chi connectivity index (χ4n) is 6.63. The highest BCUT2D eigenvalue weighted by molar-refractivity contribution is 6.02. The van der Waals surface area contributed by atoms with E-state index in [0.29, 0.717) is 43.9 Å². The number of hydrogen-bond donors (Lipinski definition) is 3. The third kappa shape index (κ3) is 4.72. The van der Waals surface area contributed by atoms with Crippen LogP contribution in [0.1, 0.15) is 60.3 Å². The van der Waals surface area contributed by atoms with Crippen LogP contribution in [0.5, 0.6) is 5.75 Å². The summed E-state index contributed by atoms with van der Waals surface area (Å²) in [7, 11) is 0. The van der Waals surface area contributed by atoms with Crippen molar-refractivity contribution in [3.05, 3.63) is 24.3 Å². The Bertz CT molecular complexity index is 1010. The maximum absolute atomic E-state index is 14.0. The Balaban J connectivity index is 1.65. The molecule has 204 valence electrons. The molecule has 3 heterocycles. The minimum Gasteiger partial charge on any atom is -0.494 e. The SMILES string of the molecule is CCOc1ccc(NC(=O)[C@@H]2[C@H]3C(=O)N(CCCCCO)C(C(=O)NC(C)C)C34CC(C)[C@@]2(C)O4)cc1. The van der Waals surface area contributed by atoms with Gasteiger partial charge in [0, 0.05) is 24.9 Å². The molecule has 0 radical (unpaired) electrons. The lowest BCUT2D eigenvalue weighted by Gasteiger charge is -2.36. The number of ether oxygens (including phenoxy) is 2. The number of amides is 3. The van der Waals surface area contributed by atoms with Gasteiger partial charge in [0.15, 0.2) is 0 Å². The van der Waals surface area contributed by atoms with Gasteiger partial charge < -0.3 is 30.1 Å². The van der Waals surface area contributed by atoms with Crippen molar-refractivity contribution in [2.24, 2.45) is 17.8 Å². The first-order chi connectivity index (χ1) is 17.6. The molecule has 1 aromatic rings. The van der Waals surface area contributed by atoms with Crippen LogP contribution in [0, 0.1) is 17.8 Å². The minimum absolute atomic E-state index is 0.0173. The highest BCUT2D eigenvalue weighted by atomic mass is 16.5. The summed E-state index contributed by atoms with van der Waals surface area (Å²) in [6.07, 6.45) is 2.58. The van der Waals surface area contributed by atoms with Gasteiger partial charge >= 0.3 is 0 Å². The van der Waals surface area contributed by atoms with Gasteiger partial charge in [-0.1, -0.05) is 6.92 Å². The van der Waals surface area contributed by atoms with Crippen LogP contribution in [0.2, 0.25) is 0 Å². The molecule has 3 aliphatic heterocycles. The molecule has 3 unspecified atom stereocenters. The Morgan fingerprint density at radius 2 is 1.89 bits per heavy atom. The molecule has 3 N–H and O–H groups in total. The quantitative estimate of drug-likeness (QED) is 0.390. The van der Waals surface area contributed by atoms with E-state index < -0.39 is 29.1 Å². The van der Waals surface area contributed by atoms with E-state index in [9.17, 15) is 14.4 Å². The standard InChI is InChI=1S/C28H41N3O6/c1-6-36-20-12-10-19(11-13-20)30-24(33)21-22-26(35)31(14-8-7-9-15-32)23(25(34)29-17(2)3)28(22)16-18(4)27(21,5)37-28/h10-13,17-18,21-23,32H,6-9,14-16H2,1-5H3,(H,29,34)(H,30,33)/t18?,21-,22-,23?,27+,28?/m0/s1. The molecule has 9 nitrogen and oxygen atoms in total. The molecule has 3 fully saturated rings. The summed E-state index contributed by atoms with van der Waals surface area (Å²) in [5.74, 6) is -1.48. The van der Waals surface area contributed by atoms with Crippen LogP contribution in [0.25, 0.3) is 0 Å². The Hall–Kier alpha value is -2.65. The van der Waals surface area contributed by atoms with Crippen LogP contribution >= 0.6 is 0 Å². The second-order valence-electron chi connectivity index (χ2n) is 11.1. The van der Waals surface area contributed by atoms with Gasteiger partial charge in [0.1, 0.15) is 17.4 Å². The number of carbonyl (C=O) groups is 3. The molecule has 4 rings (SSSR count). The van der Waals surface area contributed by atoms with Gasteiger partial charge in [0.25, 0.3) is 0 Å². The highest BCUT2D eigenvalue weighted by Crippen LogP contribution is 2.65. The molecular formula is C28H41N3O6. The third-order valence-electron chi connectivity index (χ3n) is 8.27. The molecule has 37 heavy (non-hydrogen) atoms. The zero-order valence-electron chi connectivity index (χ0n) is 22.6. The van der Waals surface area contributed by atoms with E-state index in [-0.39, 0.29) is 36.3 Å². The molecule has 6 atom stereocenters. The van der Waals surface area contributed by atoms with Crippen molar-refractivity contribution >= 4 is 23.4 Å². The first-order valence-electron chi connectivity index (χ1n) is 13.5. The number of benzene rings is 1. The molecule has 2 bridgehead atoms. The van der Waals surface area contributed by atoms with Gasteiger partial charge in [-0.05, 0) is 83.6 Å². The lowest BCUT2D eigenvalue weighted by molar-refractivity contribution is -0.146. The number of anilines is 1. The molecule has 3 aliphatic rings. The number of nitrogens with one attached hydrogen (secondary N) is 2. The van der Waals surface area contributed by atoms with E-state index in [2.05, 4.69) is 10.6 Å². The van der Waals surface area contributed by atoms with Crippen molar-refractivity contribution in [3.8, 4) is 5.75 Å². The average Bonchev–Trinajstić information content (AvgIpc) is 3.34. The minimum atomic E-state index is -1.05. The van der Waals surface area contributed by atoms with Gasteiger partial charge in [-0.2, -0.15) is 0 Å². The van der Waals surface area contributed by atoms with E-state index in [1.807, 2.05) is 34.6 Å². The average molecular weight is 516 g/mol. The normalized spacial score (nSPS) is 32.1. The summed E-state index contributed by atoms with van der Waals surface area (Å²) in [5.41, 5.74) is -1.31. The zero-order valence-corrected chi connectivity index (χ0v) is 22.6. The summed E-state index contributed by atoms with van der Waals surface area (Å²) in [6.45, 7) is 10.6. The lowest BCUT2D eigenvalue weighted by Crippen LogP contribution is -2.56. The molecule has 3 amide bonds. The number of fused-ring (bicyclic) bond motifs is 1. The number of hydrogen-bond acceptors (Lipinski definition) is 6. The van der Waals surface area contributed by atoms with Crippen LogP contribution in [-0.4, -0.2) is 70.8 Å². The van der Waals surface area contributed by atoms with Gasteiger partial charge in [-0.25, -0.2) is 0 Å². The topological polar surface area (TPSA) is 117 Å². The molecular weight excluding hydrogens is 474 g/mol. The van der Waals surface area contributed by atoms with Gasteiger partial charge in [0.05, 0.1) is 24.0 Å². The smallest absolute Gasteiger partial charge is 0.246 e. The van der Waals surface area contributed by atoms with E-state index in [1.165, 1.54) is 0 Å². The third-order valence-corrected chi connectivity index (χ3v) is 8.27. The lowest BCUT2D eigenvalue weighted by atomic mass is 9.62. The van der Waals surface area contributed by atoms with E-state index >= 15 is 0 Å². The number of aliphatic hydroxyl groups is 1. The molecule has 1 spiro atoms. The first-order valence-corrected chi connectivity index (χ1v) is 13.5. The number of rotatable bonds is 11. The molecule has 0 saturated carbocycles. The Kier molecular flexibility index (Phi) is 7.85. The predicted octanol–water partition coefficient (Wildman–Crippen LogP) is 2.72. The Morgan fingerprint density at radius 1 is 1.19 bits per heavy atom. The van der Waals surface area contributed by atoms with Crippen LogP contribution in [-0.2, 0) is 19.1 Å². The van der Waals surface area contributed by atoms with Gasteiger partial charge in [0.2, 0.25) is 17.7 Å². The summed E-state index contributed by atoms with van der Waals surface area (Å²) in [4.78, 5) is 43.0. The second-order valence-corrected chi connectivity index (χ2v) is 11.1. The molecule has 9 heteroatoms. The van der Waals surface area contributed by atoms with Crippen molar-refractivity contribution in [2.75, 3.05) is 25.1 Å². The number of aliphatic hydroxyl groups excluding tert-OH is 1. The monoisotopic (exact) mass is 515 g/mol. The molecule has 0 aromatic heterocycles. The van der Waals surface area contributed by atoms with Crippen LogP contribution in [0.4, 0.5) is 5.69 Å². The number of likely N-dealkylation sites (tertiary alicyclic amines) is 1. The largest absolute Gasteiger partial charge is 0.494 e. The Labute approximate surface area is 219 Å². The van der Waals surface area contributed by atoms with Crippen molar-refractivity contribution in [2.45, 2.75) is 83.6 Å². The van der Waals surface area contributed by atoms with Crippen molar-refractivity contribution < 1.29 is 29.0 Å². The van der Waals surface area contributed by atoms with E-state index in [4.69, 9.17) is 14.6 Å². The summed E-state index contributed by atoms with van der Waals surface area (Å²) in [6, 6.07) is 6.25. The summed E-state index contributed by atoms with van der Waals surface area (Å²) in [5, 5.41) is 15.1. The Morgan fingerprint density at radius 3 is 2.51 bits per heavy atom. The second kappa shape index (κ2) is 10.6. The summed E-state index contributed by atoms with van der Waals surface area (Å²) < 4.78 is 12.2. The number of carbonyl (C=O) groups excluding carboxylic acids is 3. The van der Waals surface area contributed by atoms with Crippen molar-refractivity contribution in [1.82, 2.24) is 10.2 Å². The van der Waals surface area contributed by atoms with Crippen molar-refractivity contribution in [1.29, 1.82) is 0 Å². The fraction of sp³-hybridized carbons (Fsp3) is 0.679. The van der Waals surface area contributed by atoms with Crippen molar-refractivity contribution in [3.63, 3.8) is 0 Å². The molecule has 3 saturated heterocycles. The first kappa shape index (κ1) is 27.4. The number of nitrogens with zero attached hydrogens (tertiary/aromatic N) is 1. The predicted molar refractivity (Wildman–Crippen MR) is 139 cm³/mol. The van der Waals surface area contributed by atoms with Gasteiger partial charge in [-0.3, -0.25) is 14.4 Å².